The number of hydrogen-bond donors (Lipinski definition) is 1. The second-order valence-electron chi connectivity index (χ2n) is 4.83. The molecule has 98 valence electrons. The molecule has 0 amide bonds. The summed E-state index contributed by atoms with van der Waals surface area (Å²) in [5.74, 6) is 0. The molecule has 3 nitrogen and oxygen atoms in total. The third kappa shape index (κ3) is 7.16. The summed E-state index contributed by atoms with van der Waals surface area (Å²) in [5, 5.41) is 7.77. The van der Waals surface area contributed by atoms with Crippen LogP contribution < -0.4 is 5.32 Å². The fourth-order valence-corrected chi connectivity index (χ4v) is 2.00. The summed E-state index contributed by atoms with van der Waals surface area (Å²) in [6, 6.07) is 2.63. The Bertz CT molecular complexity index is 256. The van der Waals surface area contributed by atoms with Crippen LogP contribution in [0.5, 0.6) is 0 Å². The Kier molecular flexibility index (Phi) is 7.72. The molecule has 0 saturated heterocycles. The molecule has 1 aromatic rings. The minimum absolute atomic E-state index is 0.657. The van der Waals surface area contributed by atoms with Gasteiger partial charge in [0.15, 0.2) is 0 Å². The number of rotatable bonds is 10. The average molecular weight is 237 g/mol. The fourth-order valence-electron chi connectivity index (χ4n) is 2.00. The molecular weight excluding hydrogens is 210 g/mol. The highest BCUT2D eigenvalue weighted by Crippen LogP contribution is 2.05. The van der Waals surface area contributed by atoms with Gasteiger partial charge in [0.2, 0.25) is 0 Å². The van der Waals surface area contributed by atoms with Crippen LogP contribution in [0.4, 0.5) is 0 Å². The summed E-state index contributed by atoms with van der Waals surface area (Å²) in [6.45, 7) is 6.66. The van der Waals surface area contributed by atoms with Gasteiger partial charge < -0.3 is 5.32 Å². The maximum Gasteiger partial charge on any atom is 0.0489 e. The molecule has 1 aromatic heterocycles. The van der Waals surface area contributed by atoms with E-state index in [9.17, 15) is 0 Å². The summed E-state index contributed by atoms with van der Waals surface area (Å²) in [5.41, 5.74) is 0. The van der Waals surface area contributed by atoms with Crippen molar-refractivity contribution in [1.82, 2.24) is 15.1 Å². The highest BCUT2D eigenvalue weighted by Gasteiger charge is 2.00. The molecule has 1 heterocycles. The average Bonchev–Trinajstić information content (AvgIpc) is 2.83. The Morgan fingerprint density at radius 2 is 2.12 bits per heavy atom. The second kappa shape index (κ2) is 9.23. The van der Waals surface area contributed by atoms with E-state index in [2.05, 4.69) is 24.3 Å². The van der Waals surface area contributed by atoms with Crippen LogP contribution in [0.25, 0.3) is 0 Å². The van der Waals surface area contributed by atoms with Gasteiger partial charge in [-0.3, -0.25) is 4.68 Å². The van der Waals surface area contributed by atoms with E-state index in [4.69, 9.17) is 0 Å². The lowest BCUT2D eigenvalue weighted by molar-refractivity contribution is 0.460. The normalized spacial score (nSPS) is 12.8. The van der Waals surface area contributed by atoms with E-state index >= 15 is 0 Å². The fraction of sp³-hybridized carbons (Fsp3) is 0.786. The van der Waals surface area contributed by atoms with Gasteiger partial charge in [-0.25, -0.2) is 0 Å². The van der Waals surface area contributed by atoms with Crippen molar-refractivity contribution in [1.29, 1.82) is 0 Å². The first kappa shape index (κ1) is 14.2. The minimum Gasteiger partial charge on any atom is -0.314 e. The molecule has 0 aromatic carbocycles. The van der Waals surface area contributed by atoms with Crippen molar-refractivity contribution in [3.05, 3.63) is 18.5 Å². The van der Waals surface area contributed by atoms with E-state index in [1.54, 1.807) is 0 Å². The molecule has 1 unspecified atom stereocenters. The lowest BCUT2D eigenvalue weighted by atomic mass is 10.1. The largest absolute Gasteiger partial charge is 0.314 e. The van der Waals surface area contributed by atoms with Gasteiger partial charge in [0.25, 0.3) is 0 Å². The molecule has 17 heavy (non-hydrogen) atoms. The predicted molar refractivity (Wildman–Crippen MR) is 73.1 cm³/mol. The summed E-state index contributed by atoms with van der Waals surface area (Å²) >= 11 is 0. The van der Waals surface area contributed by atoms with Crippen LogP contribution in [0.1, 0.15) is 52.4 Å². The van der Waals surface area contributed by atoms with Gasteiger partial charge in [0.1, 0.15) is 0 Å². The van der Waals surface area contributed by atoms with Crippen molar-refractivity contribution >= 4 is 0 Å². The highest BCUT2D eigenvalue weighted by atomic mass is 15.3. The summed E-state index contributed by atoms with van der Waals surface area (Å²) in [7, 11) is 0. The van der Waals surface area contributed by atoms with Gasteiger partial charge in [0.05, 0.1) is 0 Å². The molecule has 0 aliphatic rings. The van der Waals surface area contributed by atoms with Gasteiger partial charge in [-0.15, -0.1) is 0 Å². The SMILES string of the molecule is CCCCCCC(C)NCCCn1cccn1. The maximum absolute atomic E-state index is 4.19. The van der Waals surface area contributed by atoms with Crippen LogP contribution in [0.15, 0.2) is 18.5 Å². The van der Waals surface area contributed by atoms with Crippen LogP contribution in [-0.4, -0.2) is 22.4 Å². The van der Waals surface area contributed by atoms with Gasteiger partial charge in [-0.2, -0.15) is 5.10 Å². The second-order valence-corrected chi connectivity index (χ2v) is 4.83. The number of aryl methyl sites for hydroxylation is 1. The third-order valence-electron chi connectivity index (χ3n) is 3.11. The molecular formula is C14H27N3. The first-order valence-corrected chi connectivity index (χ1v) is 7.03. The van der Waals surface area contributed by atoms with Crippen molar-refractivity contribution in [2.75, 3.05) is 6.54 Å². The number of unbranched alkanes of at least 4 members (excludes halogenated alkanes) is 3. The van der Waals surface area contributed by atoms with Gasteiger partial charge >= 0.3 is 0 Å². The van der Waals surface area contributed by atoms with Crippen molar-refractivity contribution in [2.24, 2.45) is 0 Å². The Morgan fingerprint density at radius 3 is 2.82 bits per heavy atom. The lowest BCUT2D eigenvalue weighted by Crippen LogP contribution is -2.27. The standard InChI is InChI=1S/C14H27N3/c1-3-4-5-6-9-14(2)15-10-7-12-17-13-8-11-16-17/h8,11,13-15H,3-7,9-10,12H2,1-2H3. The Hall–Kier alpha value is -0.830. The number of nitrogens with one attached hydrogen (secondary N) is 1. The monoisotopic (exact) mass is 237 g/mol. The molecule has 0 radical (unpaired) electrons. The minimum atomic E-state index is 0.657. The molecule has 0 saturated carbocycles. The van der Waals surface area contributed by atoms with Crippen LogP contribution in [0.3, 0.4) is 0 Å². The summed E-state index contributed by atoms with van der Waals surface area (Å²) in [4.78, 5) is 0. The first-order chi connectivity index (χ1) is 8.33. The number of hydrogen-bond acceptors (Lipinski definition) is 2. The zero-order valence-corrected chi connectivity index (χ0v) is 11.4. The smallest absolute Gasteiger partial charge is 0.0489 e. The zero-order chi connectivity index (χ0) is 12.3. The van der Waals surface area contributed by atoms with Crippen molar-refractivity contribution in [2.45, 2.75) is 65.0 Å². The summed E-state index contributed by atoms with van der Waals surface area (Å²) < 4.78 is 1.99. The van der Waals surface area contributed by atoms with Crippen molar-refractivity contribution in [3.63, 3.8) is 0 Å². The van der Waals surface area contributed by atoms with Crippen LogP contribution >= 0.6 is 0 Å². The molecule has 0 aliphatic heterocycles. The van der Waals surface area contributed by atoms with E-state index in [0.29, 0.717) is 6.04 Å². The number of aromatic nitrogens is 2. The van der Waals surface area contributed by atoms with E-state index in [1.165, 1.54) is 32.1 Å². The Labute approximate surface area is 106 Å². The first-order valence-electron chi connectivity index (χ1n) is 7.03. The Balaban J connectivity index is 1.91. The van der Waals surface area contributed by atoms with Gasteiger partial charge in [0, 0.05) is 25.0 Å². The zero-order valence-electron chi connectivity index (χ0n) is 11.4. The van der Waals surface area contributed by atoms with Crippen LogP contribution in [0, 0.1) is 0 Å². The van der Waals surface area contributed by atoms with Crippen molar-refractivity contribution in [3.8, 4) is 0 Å². The van der Waals surface area contributed by atoms with Crippen molar-refractivity contribution < 1.29 is 0 Å². The van der Waals surface area contributed by atoms with Gasteiger partial charge in [-0.05, 0) is 32.4 Å². The van der Waals surface area contributed by atoms with E-state index in [0.717, 1.165) is 19.5 Å². The molecule has 1 atom stereocenters. The van der Waals surface area contributed by atoms with Gasteiger partial charge in [-0.1, -0.05) is 32.6 Å². The predicted octanol–water partition coefficient (Wildman–Crippen LogP) is 3.22. The van der Waals surface area contributed by atoms with E-state index in [-0.39, 0.29) is 0 Å². The highest BCUT2D eigenvalue weighted by molar-refractivity contribution is 4.77. The van der Waals surface area contributed by atoms with E-state index < -0.39 is 0 Å². The van der Waals surface area contributed by atoms with Crippen LogP contribution in [0.2, 0.25) is 0 Å². The number of nitrogens with zero attached hydrogens (tertiary/aromatic N) is 2. The van der Waals surface area contributed by atoms with E-state index in [1.807, 2.05) is 23.1 Å². The maximum atomic E-state index is 4.19. The topological polar surface area (TPSA) is 29.9 Å². The molecule has 0 aliphatic carbocycles. The summed E-state index contributed by atoms with van der Waals surface area (Å²) in [6.07, 6.45) is 11.8. The molecule has 1 rings (SSSR count). The molecule has 0 fully saturated rings. The van der Waals surface area contributed by atoms with Crippen LogP contribution in [-0.2, 0) is 6.54 Å². The lowest BCUT2D eigenvalue weighted by Gasteiger charge is -2.13. The molecule has 3 heteroatoms. The molecule has 0 bridgehead atoms. The quantitative estimate of drug-likeness (QED) is 0.633. The molecule has 1 N–H and O–H groups in total. The Morgan fingerprint density at radius 1 is 1.24 bits per heavy atom. The molecule has 0 spiro atoms. The third-order valence-corrected chi connectivity index (χ3v) is 3.11.